The zero-order valence-corrected chi connectivity index (χ0v) is 8.07. The van der Waals surface area contributed by atoms with Gasteiger partial charge in [0.05, 0.1) is 7.11 Å². The Bertz CT molecular complexity index is 277. The van der Waals surface area contributed by atoms with E-state index >= 15 is 0 Å². The molecular weight excluding hydrogens is 188 g/mol. The number of nitrogens with one attached hydrogen (secondary N) is 1. The highest BCUT2D eigenvalue weighted by Crippen LogP contribution is 2.11. The molecule has 0 saturated carbocycles. The number of rotatable bonds is 1. The van der Waals surface area contributed by atoms with Gasteiger partial charge in [-0.1, -0.05) is 0 Å². The number of ether oxygens (including phenoxy) is 1. The van der Waals surface area contributed by atoms with Gasteiger partial charge in [0.25, 0.3) is 5.91 Å². The molecule has 0 aromatic rings. The van der Waals surface area contributed by atoms with Gasteiger partial charge in [0.15, 0.2) is 0 Å². The van der Waals surface area contributed by atoms with Crippen LogP contribution in [0.2, 0.25) is 0 Å². The lowest BCUT2D eigenvalue weighted by molar-refractivity contribution is -0.147. The average molecular weight is 200 g/mol. The predicted octanol–water partition coefficient (Wildman–Crippen LogP) is -0.510. The van der Waals surface area contributed by atoms with Gasteiger partial charge in [-0.05, 0) is 6.42 Å². The number of carbonyl (C=O) groups excluding carboxylic acids is 3. The number of likely N-dealkylation sites (N-methyl/N-ethyl adjacent to an activating group) is 1. The maximum atomic E-state index is 11.4. The van der Waals surface area contributed by atoms with Crippen molar-refractivity contribution in [3.05, 3.63) is 0 Å². The minimum atomic E-state index is -0.661. The third-order valence-electron chi connectivity index (χ3n) is 2.13. The molecule has 0 bridgehead atoms. The first kappa shape index (κ1) is 10.5. The van der Waals surface area contributed by atoms with Gasteiger partial charge in [-0.25, -0.2) is 4.79 Å². The van der Waals surface area contributed by atoms with Crippen LogP contribution in [0.3, 0.4) is 0 Å². The molecule has 0 aromatic carbocycles. The van der Waals surface area contributed by atoms with Crippen LogP contribution in [0.15, 0.2) is 0 Å². The summed E-state index contributed by atoms with van der Waals surface area (Å²) in [4.78, 5) is 34.3. The highest BCUT2D eigenvalue weighted by Gasteiger charge is 2.32. The van der Waals surface area contributed by atoms with E-state index in [-0.39, 0.29) is 12.3 Å². The van der Waals surface area contributed by atoms with Crippen LogP contribution < -0.4 is 5.32 Å². The molecule has 0 aliphatic carbocycles. The minimum Gasteiger partial charge on any atom is -0.453 e. The molecule has 1 atom stereocenters. The zero-order valence-electron chi connectivity index (χ0n) is 8.07. The number of piperidine rings is 1. The molecule has 1 saturated heterocycles. The van der Waals surface area contributed by atoms with E-state index in [0.717, 1.165) is 4.90 Å². The summed E-state index contributed by atoms with van der Waals surface area (Å²) in [6, 6.07) is -0.648. The minimum absolute atomic E-state index is 0.224. The van der Waals surface area contributed by atoms with Crippen LogP contribution in [0.4, 0.5) is 4.79 Å². The van der Waals surface area contributed by atoms with Gasteiger partial charge in [-0.15, -0.1) is 0 Å². The number of hydrogen-bond donors (Lipinski definition) is 1. The van der Waals surface area contributed by atoms with Crippen LogP contribution in [0.25, 0.3) is 0 Å². The van der Waals surface area contributed by atoms with Crippen LogP contribution in [-0.4, -0.2) is 43.0 Å². The summed E-state index contributed by atoms with van der Waals surface area (Å²) in [7, 11) is 2.62. The number of imide groups is 1. The number of nitrogens with zero attached hydrogens (tertiary/aromatic N) is 1. The van der Waals surface area contributed by atoms with E-state index < -0.39 is 18.0 Å². The Labute approximate surface area is 81.2 Å². The van der Waals surface area contributed by atoms with Crippen molar-refractivity contribution in [3.63, 3.8) is 0 Å². The van der Waals surface area contributed by atoms with Gasteiger partial charge in [0, 0.05) is 13.5 Å². The molecule has 6 nitrogen and oxygen atoms in total. The molecule has 14 heavy (non-hydrogen) atoms. The van der Waals surface area contributed by atoms with Crippen LogP contribution >= 0.6 is 0 Å². The number of amides is 3. The third-order valence-corrected chi connectivity index (χ3v) is 2.13. The highest BCUT2D eigenvalue weighted by atomic mass is 16.5. The zero-order chi connectivity index (χ0) is 10.7. The summed E-state index contributed by atoms with van der Waals surface area (Å²) in [6.45, 7) is 0. The van der Waals surface area contributed by atoms with Crippen LogP contribution in [-0.2, 0) is 14.3 Å². The van der Waals surface area contributed by atoms with E-state index in [1.807, 2.05) is 0 Å². The molecular formula is C8H12N2O4. The molecule has 1 fully saturated rings. The first-order chi connectivity index (χ1) is 6.56. The highest BCUT2D eigenvalue weighted by molar-refractivity contribution is 6.01. The van der Waals surface area contributed by atoms with Gasteiger partial charge in [-0.2, -0.15) is 0 Å². The number of hydrogen-bond acceptors (Lipinski definition) is 4. The maximum Gasteiger partial charge on any atom is 0.407 e. The molecule has 1 aliphatic rings. The fraction of sp³-hybridized carbons (Fsp3) is 0.625. The smallest absolute Gasteiger partial charge is 0.407 e. The van der Waals surface area contributed by atoms with Crippen molar-refractivity contribution in [1.29, 1.82) is 0 Å². The van der Waals surface area contributed by atoms with Crippen LogP contribution in [0, 0.1) is 0 Å². The first-order valence-electron chi connectivity index (χ1n) is 4.21. The van der Waals surface area contributed by atoms with E-state index in [9.17, 15) is 14.4 Å². The molecule has 6 heteroatoms. The van der Waals surface area contributed by atoms with Crippen molar-refractivity contribution in [1.82, 2.24) is 10.2 Å². The quantitative estimate of drug-likeness (QED) is 0.578. The Kier molecular flexibility index (Phi) is 3.06. The van der Waals surface area contributed by atoms with Crippen molar-refractivity contribution in [2.45, 2.75) is 18.9 Å². The molecule has 1 N–H and O–H groups in total. The predicted molar refractivity (Wildman–Crippen MR) is 46.3 cm³/mol. The molecule has 1 aliphatic heterocycles. The van der Waals surface area contributed by atoms with Crippen LogP contribution in [0.1, 0.15) is 12.8 Å². The van der Waals surface area contributed by atoms with Gasteiger partial charge in [0.1, 0.15) is 6.04 Å². The average Bonchev–Trinajstić information content (AvgIpc) is 2.19. The monoisotopic (exact) mass is 200 g/mol. The number of likely N-dealkylation sites (tertiary alicyclic amines) is 1. The largest absolute Gasteiger partial charge is 0.453 e. The normalized spacial score (nSPS) is 22.1. The Morgan fingerprint density at radius 2 is 2.21 bits per heavy atom. The van der Waals surface area contributed by atoms with E-state index in [4.69, 9.17) is 0 Å². The topological polar surface area (TPSA) is 75.7 Å². The Balaban J connectivity index is 2.59. The summed E-state index contributed by atoms with van der Waals surface area (Å²) in [6.07, 6.45) is -0.0697. The molecule has 0 spiro atoms. The fourth-order valence-corrected chi connectivity index (χ4v) is 1.25. The molecule has 1 heterocycles. The SMILES string of the molecule is COC(=O)NC1CCC(=O)N(C)C1=O. The molecule has 1 unspecified atom stereocenters. The fourth-order valence-electron chi connectivity index (χ4n) is 1.25. The third kappa shape index (κ3) is 2.01. The van der Waals surface area contributed by atoms with Crippen molar-refractivity contribution in [2.24, 2.45) is 0 Å². The Morgan fingerprint density at radius 3 is 2.79 bits per heavy atom. The van der Waals surface area contributed by atoms with Crippen LogP contribution in [0.5, 0.6) is 0 Å². The number of alkyl carbamates (subject to hydrolysis) is 1. The summed E-state index contributed by atoms with van der Waals surface area (Å²) in [5.74, 6) is -0.621. The second-order valence-corrected chi connectivity index (χ2v) is 3.02. The lowest BCUT2D eigenvalue weighted by atomic mass is 10.1. The second kappa shape index (κ2) is 4.08. The summed E-state index contributed by atoms with van der Waals surface area (Å²) in [5, 5.41) is 2.36. The van der Waals surface area contributed by atoms with Crippen molar-refractivity contribution < 1.29 is 19.1 Å². The Hall–Kier alpha value is -1.59. The molecule has 0 radical (unpaired) electrons. The van der Waals surface area contributed by atoms with Gasteiger partial charge < -0.3 is 10.1 Å². The molecule has 3 amide bonds. The summed E-state index contributed by atoms with van der Waals surface area (Å²) >= 11 is 0. The standard InChI is InChI=1S/C8H12N2O4/c1-10-6(11)4-3-5(7(10)12)9-8(13)14-2/h5H,3-4H2,1-2H3,(H,9,13). The first-order valence-corrected chi connectivity index (χ1v) is 4.21. The van der Waals surface area contributed by atoms with Gasteiger partial charge in [-0.3, -0.25) is 14.5 Å². The van der Waals surface area contributed by atoms with Gasteiger partial charge >= 0.3 is 6.09 Å². The maximum absolute atomic E-state index is 11.4. The second-order valence-electron chi connectivity index (χ2n) is 3.02. The van der Waals surface area contributed by atoms with Crippen molar-refractivity contribution >= 4 is 17.9 Å². The van der Waals surface area contributed by atoms with E-state index in [2.05, 4.69) is 10.1 Å². The van der Waals surface area contributed by atoms with Crippen molar-refractivity contribution in [3.8, 4) is 0 Å². The van der Waals surface area contributed by atoms with E-state index in [1.54, 1.807) is 0 Å². The van der Waals surface area contributed by atoms with Gasteiger partial charge in [0.2, 0.25) is 5.91 Å². The lowest BCUT2D eigenvalue weighted by Crippen LogP contribution is -2.52. The van der Waals surface area contributed by atoms with Crippen molar-refractivity contribution in [2.75, 3.05) is 14.2 Å². The summed E-state index contributed by atoms with van der Waals surface area (Å²) < 4.78 is 4.36. The van der Waals surface area contributed by atoms with E-state index in [0.29, 0.717) is 6.42 Å². The Morgan fingerprint density at radius 1 is 1.57 bits per heavy atom. The molecule has 78 valence electrons. The number of carbonyl (C=O) groups is 3. The summed E-state index contributed by atoms with van der Waals surface area (Å²) in [5.41, 5.74) is 0. The lowest BCUT2D eigenvalue weighted by Gasteiger charge is -2.27. The van der Waals surface area contributed by atoms with E-state index in [1.165, 1.54) is 14.2 Å². The number of methoxy groups -OCH3 is 1. The molecule has 0 aromatic heterocycles. The molecule has 1 rings (SSSR count).